The van der Waals surface area contributed by atoms with Gasteiger partial charge in [0.05, 0.1) is 0 Å². The van der Waals surface area contributed by atoms with Crippen molar-refractivity contribution in [2.75, 3.05) is 31.1 Å². The molecule has 2 heteroatoms. The zero-order valence-electron chi connectivity index (χ0n) is 12.0. The van der Waals surface area contributed by atoms with E-state index in [-0.39, 0.29) is 0 Å². The molecule has 1 aliphatic rings. The van der Waals surface area contributed by atoms with Crippen LogP contribution in [0.25, 0.3) is 0 Å². The highest BCUT2D eigenvalue weighted by molar-refractivity contribution is 5.48. The predicted molar refractivity (Wildman–Crippen MR) is 79.3 cm³/mol. The van der Waals surface area contributed by atoms with Crippen molar-refractivity contribution in [1.82, 2.24) is 5.32 Å². The van der Waals surface area contributed by atoms with Gasteiger partial charge in [-0.15, -0.1) is 0 Å². The molecule has 1 fully saturated rings. The molecule has 0 saturated carbocycles. The van der Waals surface area contributed by atoms with E-state index < -0.39 is 0 Å². The van der Waals surface area contributed by atoms with E-state index >= 15 is 0 Å². The van der Waals surface area contributed by atoms with Gasteiger partial charge >= 0.3 is 0 Å². The molecule has 0 aromatic heterocycles. The average molecular weight is 246 g/mol. The van der Waals surface area contributed by atoms with Crippen LogP contribution < -0.4 is 10.2 Å². The van der Waals surface area contributed by atoms with Crippen molar-refractivity contribution < 1.29 is 0 Å². The molecule has 1 N–H and O–H groups in total. The number of piperidine rings is 1. The van der Waals surface area contributed by atoms with E-state index in [1.165, 1.54) is 30.6 Å². The lowest BCUT2D eigenvalue weighted by Gasteiger charge is -2.39. The van der Waals surface area contributed by atoms with Crippen molar-refractivity contribution in [2.24, 2.45) is 5.41 Å². The summed E-state index contributed by atoms with van der Waals surface area (Å²) in [5.41, 5.74) is 3.13. The summed E-state index contributed by atoms with van der Waals surface area (Å²) in [6.45, 7) is 11.4. The molecule has 100 valence electrons. The van der Waals surface area contributed by atoms with E-state index in [0.29, 0.717) is 5.41 Å². The molecule has 1 heterocycles. The summed E-state index contributed by atoms with van der Waals surface area (Å²) in [6, 6.07) is 8.86. The number of aryl methyl sites for hydroxylation is 1. The Balaban J connectivity index is 2.09. The zero-order chi connectivity index (χ0) is 13.0. The Morgan fingerprint density at radius 2 is 2.22 bits per heavy atom. The van der Waals surface area contributed by atoms with Crippen LogP contribution in [0.3, 0.4) is 0 Å². The second kappa shape index (κ2) is 5.75. The number of nitrogens with one attached hydrogen (secondary N) is 1. The third-order valence-corrected chi connectivity index (χ3v) is 4.01. The third kappa shape index (κ3) is 3.26. The molecule has 1 atom stereocenters. The van der Waals surface area contributed by atoms with E-state index in [1.54, 1.807) is 0 Å². The lowest BCUT2D eigenvalue weighted by Crippen LogP contribution is -2.46. The zero-order valence-corrected chi connectivity index (χ0v) is 12.0. The minimum atomic E-state index is 0.415. The standard InChI is InChI=1S/C16H26N2/c1-4-18(15-8-5-7-14(2)11-15)13-16(3)9-6-10-17-12-16/h5,7-8,11,17H,4,6,9-10,12-13H2,1-3H3. The number of benzene rings is 1. The Labute approximate surface area is 111 Å². The first kappa shape index (κ1) is 13.4. The highest BCUT2D eigenvalue weighted by Crippen LogP contribution is 2.29. The lowest BCUT2D eigenvalue weighted by molar-refractivity contribution is 0.241. The van der Waals surface area contributed by atoms with Gasteiger partial charge in [-0.3, -0.25) is 0 Å². The lowest BCUT2D eigenvalue weighted by atomic mass is 9.82. The van der Waals surface area contributed by atoms with Gasteiger partial charge in [-0.1, -0.05) is 19.1 Å². The molecular weight excluding hydrogens is 220 g/mol. The van der Waals surface area contributed by atoms with Crippen LogP contribution in [-0.4, -0.2) is 26.2 Å². The largest absolute Gasteiger partial charge is 0.371 e. The van der Waals surface area contributed by atoms with Gasteiger partial charge in [0.2, 0.25) is 0 Å². The first-order valence-corrected chi connectivity index (χ1v) is 7.15. The maximum atomic E-state index is 3.54. The Bertz CT molecular complexity index is 380. The predicted octanol–water partition coefficient (Wildman–Crippen LogP) is 3.21. The number of hydrogen-bond donors (Lipinski definition) is 1. The average Bonchev–Trinajstić information content (AvgIpc) is 2.37. The Hall–Kier alpha value is -1.02. The molecule has 0 aliphatic carbocycles. The molecule has 1 aliphatic heterocycles. The van der Waals surface area contributed by atoms with E-state index in [0.717, 1.165) is 19.6 Å². The maximum Gasteiger partial charge on any atom is 0.0368 e. The topological polar surface area (TPSA) is 15.3 Å². The smallest absolute Gasteiger partial charge is 0.0368 e. The van der Waals surface area contributed by atoms with Gasteiger partial charge in [-0.05, 0) is 56.3 Å². The molecule has 18 heavy (non-hydrogen) atoms. The molecule has 1 saturated heterocycles. The van der Waals surface area contributed by atoms with Gasteiger partial charge in [0.25, 0.3) is 0 Å². The molecule has 2 rings (SSSR count). The quantitative estimate of drug-likeness (QED) is 0.877. The van der Waals surface area contributed by atoms with E-state index in [1.807, 2.05) is 0 Å². The Kier molecular flexibility index (Phi) is 4.28. The highest BCUT2D eigenvalue weighted by Gasteiger charge is 2.28. The summed E-state index contributed by atoms with van der Waals surface area (Å²) in [4.78, 5) is 2.51. The van der Waals surface area contributed by atoms with Crippen molar-refractivity contribution in [3.63, 3.8) is 0 Å². The van der Waals surface area contributed by atoms with Crippen LogP contribution in [0.5, 0.6) is 0 Å². The number of rotatable bonds is 4. The molecule has 1 unspecified atom stereocenters. The highest BCUT2D eigenvalue weighted by atomic mass is 15.1. The van der Waals surface area contributed by atoms with Gasteiger partial charge in [-0.2, -0.15) is 0 Å². The monoisotopic (exact) mass is 246 g/mol. The summed E-state index contributed by atoms with van der Waals surface area (Å²) in [6.07, 6.45) is 2.64. The molecule has 0 spiro atoms. The van der Waals surface area contributed by atoms with Crippen LogP contribution in [0, 0.1) is 12.3 Å². The van der Waals surface area contributed by atoms with Crippen LogP contribution in [0.1, 0.15) is 32.3 Å². The summed E-state index contributed by atoms with van der Waals surface area (Å²) in [5, 5.41) is 3.54. The fourth-order valence-corrected chi connectivity index (χ4v) is 2.92. The van der Waals surface area contributed by atoms with Crippen LogP contribution in [-0.2, 0) is 0 Å². The summed E-state index contributed by atoms with van der Waals surface area (Å²) in [5.74, 6) is 0. The minimum absolute atomic E-state index is 0.415. The summed E-state index contributed by atoms with van der Waals surface area (Å²) >= 11 is 0. The molecule has 0 radical (unpaired) electrons. The third-order valence-electron chi connectivity index (χ3n) is 4.01. The molecule has 0 bridgehead atoms. The molecule has 1 aromatic rings. The van der Waals surface area contributed by atoms with Crippen LogP contribution in [0.15, 0.2) is 24.3 Å². The summed E-state index contributed by atoms with van der Waals surface area (Å²) < 4.78 is 0. The van der Waals surface area contributed by atoms with Crippen molar-refractivity contribution in [1.29, 1.82) is 0 Å². The van der Waals surface area contributed by atoms with Crippen LogP contribution in [0.2, 0.25) is 0 Å². The van der Waals surface area contributed by atoms with Gasteiger partial charge in [-0.25, -0.2) is 0 Å². The van der Waals surface area contributed by atoms with Crippen LogP contribution in [0.4, 0.5) is 5.69 Å². The van der Waals surface area contributed by atoms with Crippen molar-refractivity contribution in [2.45, 2.75) is 33.6 Å². The first-order chi connectivity index (χ1) is 8.63. The SMILES string of the molecule is CCN(CC1(C)CCCNC1)c1cccc(C)c1. The van der Waals surface area contributed by atoms with Gasteiger partial charge in [0, 0.05) is 25.3 Å². The Morgan fingerprint density at radius 3 is 2.83 bits per heavy atom. The summed E-state index contributed by atoms with van der Waals surface area (Å²) in [7, 11) is 0. The first-order valence-electron chi connectivity index (χ1n) is 7.15. The van der Waals surface area contributed by atoms with Gasteiger partial charge < -0.3 is 10.2 Å². The second-order valence-corrected chi connectivity index (χ2v) is 5.94. The molecule has 1 aromatic carbocycles. The maximum absolute atomic E-state index is 3.54. The minimum Gasteiger partial charge on any atom is -0.371 e. The van der Waals surface area contributed by atoms with E-state index in [2.05, 4.69) is 55.3 Å². The van der Waals surface area contributed by atoms with Gasteiger partial charge in [0.1, 0.15) is 0 Å². The molecular formula is C16H26N2. The fourth-order valence-electron chi connectivity index (χ4n) is 2.92. The Morgan fingerprint density at radius 1 is 1.39 bits per heavy atom. The molecule has 0 amide bonds. The van der Waals surface area contributed by atoms with E-state index in [4.69, 9.17) is 0 Å². The molecule has 2 nitrogen and oxygen atoms in total. The van der Waals surface area contributed by atoms with Crippen LogP contribution >= 0.6 is 0 Å². The van der Waals surface area contributed by atoms with E-state index in [9.17, 15) is 0 Å². The second-order valence-electron chi connectivity index (χ2n) is 5.94. The van der Waals surface area contributed by atoms with Crippen molar-refractivity contribution in [3.05, 3.63) is 29.8 Å². The van der Waals surface area contributed by atoms with Crippen molar-refractivity contribution in [3.8, 4) is 0 Å². The number of anilines is 1. The number of hydrogen-bond acceptors (Lipinski definition) is 2. The normalized spacial score (nSPS) is 23.9. The van der Waals surface area contributed by atoms with Gasteiger partial charge in [0.15, 0.2) is 0 Å². The number of nitrogens with zero attached hydrogens (tertiary/aromatic N) is 1. The van der Waals surface area contributed by atoms with Crippen molar-refractivity contribution >= 4 is 5.69 Å². The fraction of sp³-hybridized carbons (Fsp3) is 0.625.